The maximum absolute atomic E-state index is 10.1. The molecule has 0 heterocycles. The average Bonchev–Trinajstić information content (AvgIpc) is 2.49. The number of fused-ring (bicyclic) bond motifs is 1. The summed E-state index contributed by atoms with van der Waals surface area (Å²) in [6, 6.07) is 14.5. The molecule has 2 N–H and O–H groups in total. The predicted octanol–water partition coefficient (Wildman–Crippen LogP) is 5.28. The normalized spacial score (nSPS) is 11.4. The Hall–Kier alpha value is -2.88. The Bertz CT molecular complexity index is 886. The number of nitrogens with zero attached hydrogens (tertiary/aromatic N) is 2. The Kier molecular flexibility index (Phi) is 3.51. The average molecular weight is 292 g/mol. The second-order valence-electron chi connectivity index (χ2n) is 5.35. The molecule has 4 heteroatoms. The number of benzene rings is 3. The van der Waals surface area contributed by atoms with Crippen molar-refractivity contribution in [1.82, 2.24) is 0 Å². The summed E-state index contributed by atoms with van der Waals surface area (Å²) >= 11 is 0. The minimum atomic E-state index is 0.0601. The lowest BCUT2D eigenvalue weighted by atomic mass is 10.1. The number of aryl methyl sites for hydroxylation is 2. The molecule has 0 aromatic heterocycles. The monoisotopic (exact) mass is 292 g/mol. The van der Waals surface area contributed by atoms with Crippen LogP contribution in [0.25, 0.3) is 10.8 Å². The molecule has 0 spiro atoms. The van der Waals surface area contributed by atoms with E-state index in [2.05, 4.69) is 10.2 Å². The Morgan fingerprint density at radius 1 is 0.727 bits per heavy atom. The third kappa shape index (κ3) is 2.63. The first-order valence-electron chi connectivity index (χ1n) is 6.98. The summed E-state index contributed by atoms with van der Waals surface area (Å²) in [5.74, 6) is 0.122. The van der Waals surface area contributed by atoms with Gasteiger partial charge < -0.3 is 10.2 Å². The number of phenolic OH excluding ortho intramolecular Hbond substituents is 2. The fourth-order valence-electron chi connectivity index (χ4n) is 2.34. The molecule has 0 aliphatic heterocycles. The molecule has 3 aromatic rings. The molecule has 0 aliphatic carbocycles. The van der Waals surface area contributed by atoms with Gasteiger partial charge >= 0.3 is 0 Å². The van der Waals surface area contributed by atoms with Gasteiger partial charge in [-0.25, -0.2) is 0 Å². The number of aromatic hydroxyl groups is 2. The molecule has 0 atom stereocenters. The summed E-state index contributed by atoms with van der Waals surface area (Å²) in [5, 5.41) is 29.9. The van der Waals surface area contributed by atoms with Crippen LogP contribution in [0.5, 0.6) is 11.5 Å². The molecule has 3 rings (SSSR count). The Morgan fingerprint density at radius 2 is 1.41 bits per heavy atom. The summed E-state index contributed by atoms with van der Waals surface area (Å²) in [6.45, 7) is 3.93. The van der Waals surface area contributed by atoms with Gasteiger partial charge in [-0.1, -0.05) is 35.9 Å². The van der Waals surface area contributed by atoms with Crippen molar-refractivity contribution in [2.75, 3.05) is 0 Å². The van der Waals surface area contributed by atoms with Crippen LogP contribution in [-0.2, 0) is 0 Å². The largest absolute Gasteiger partial charge is 0.506 e. The predicted molar refractivity (Wildman–Crippen MR) is 87.4 cm³/mol. The van der Waals surface area contributed by atoms with Crippen molar-refractivity contribution in [3.63, 3.8) is 0 Å². The second kappa shape index (κ2) is 5.48. The van der Waals surface area contributed by atoms with Crippen molar-refractivity contribution < 1.29 is 10.2 Å². The molecule has 0 saturated carbocycles. The Morgan fingerprint density at radius 3 is 2.23 bits per heavy atom. The van der Waals surface area contributed by atoms with Crippen LogP contribution >= 0.6 is 0 Å². The SMILES string of the molecule is Cc1ccc(O)c(N=Nc2c(O)ccc3cc(C)ccc23)c1. The fraction of sp³-hybridized carbons (Fsp3) is 0.111. The minimum absolute atomic E-state index is 0.0601. The molecule has 0 saturated heterocycles. The van der Waals surface area contributed by atoms with Crippen LogP contribution in [0, 0.1) is 13.8 Å². The molecule has 0 aliphatic rings. The van der Waals surface area contributed by atoms with Gasteiger partial charge in [-0.3, -0.25) is 0 Å². The van der Waals surface area contributed by atoms with Crippen LogP contribution in [0.4, 0.5) is 11.4 Å². The van der Waals surface area contributed by atoms with E-state index in [0.29, 0.717) is 11.4 Å². The maximum atomic E-state index is 10.1. The van der Waals surface area contributed by atoms with E-state index in [1.807, 2.05) is 38.1 Å². The third-order valence-electron chi connectivity index (χ3n) is 3.51. The van der Waals surface area contributed by atoms with E-state index in [-0.39, 0.29) is 11.5 Å². The zero-order valence-electron chi connectivity index (χ0n) is 12.4. The van der Waals surface area contributed by atoms with Gasteiger partial charge in [0.05, 0.1) is 0 Å². The fourth-order valence-corrected chi connectivity index (χ4v) is 2.34. The number of rotatable bonds is 2. The molecule has 0 radical (unpaired) electrons. The molecule has 22 heavy (non-hydrogen) atoms. The quantitative estimate of drug-likeness (QED) is 0.631. The van der Waals surface area contributed by atoms with Crippen molar-refractivity contribution in [3.8, 4) is 11.5 Å². The lowest BCUT2D eigenvalue weighted by Gasteiger charge is -2.05. The van der Waals surface area contributed by atoms with Gasteiger partial charge in [0, 0.05) is 5.39 Å². The highest BCUT2D eigenvalue weighted by Gasteiger charge is 2.07. The van der Waals surface area contributed by atoms with Gasteiger partial charge in [-0.2, -0.15) is 0 Å². The van der Waals surface area contributed by atoms with E-state index in [4.69, 9.17) is 0 Å². The van der Waals surface area contributed by atoms with Gasteiger partial charge in [0.15, 0.2) is 0 Å². The van der Waals surface area contributed by atoms with E-state index in [1.54, 1.807) is 24.3 Å². The molecule has 0 amide bonds. The Labute approximate surface area is 128 Å². The summed E-state index contributed by atoms with van der Waals surface area (Å²) in [6.07, 6.45) is 0. The topological polar surface area (TPSA) is 65.2 Å². The van der Waals surface area contributed by atoms with Crippen LogP contribution < -0.4 is 0 Å². The summed E-state index contributed by atoms with van der Waals surface area (Å²) in [4.78, 5) is 0. The van der Waals surface area contributed by atoms with Crippen molar-refractivity contribution in [3.05, 3.63) is 59.7 Å². The van der Waals surface area contributed by atoms with Crippen LogP contribution in [0.15, 0.2) is 58.8 Å². The van der Waals surface area contributed by atoms with Crippen LogP contribution in [0.1, 0.15) is 11.1 Å². The molecule has 4 nitrogen and oxygen atoms in total. The van der Waals surface area contributed by atoms with E-state index >= 15 is 0 Å². The van der Waals surface area contributed by atoms with Gasteiger partial charge in [0.25, 0.3) is 0 Å². The number of azo groups is 1. The van der Waals surface area contributed by atoms with Gasteiger partial charge in [0.1, 0.15) is 22.9 Å². The smallest absolute Gasteiger partial charge is 0.143 e. The van der Waals surface area contributed by atoms with Gasteiger partial charge in [-0.15, -0.1) is 10.2 Å². The molecular formula is C18H16N2O2. The van der Waals surface area contributed by atoms with Crippen molar-refractivity contribution in [2.45, 2.75) is 13.8 Å². The first-order chi connectivity index (χ1) is 10.5. The third-order valence-corrected chi connectivity index (χ3v) is 3.51. The highest BCUT2D eigenvalue weighted by atomic mass is 16.3. The molecular weight excluding hydrogens is 276 g/mol. The first kappa shape index (κ1) is 14.1. The zero-order chi connectivity index (χ0) is 15.7. The summed E-state index contributed by atoms with van der Waals surface area (Å²) < 4.78 is 0. The summed E-state index contributed by atoms with van der Waals surface area (Å²) in [5.41, 5.74) is 2.89. The Balaban J connectivity index is 2.12. The van der Waals surface area contributed by atoms with E-state index in [9.17, 15) is 10.2 Å². The second-order valence-corrected chi connectivity index (χ2v) is 5.35. The standard InChI is InChI=1S/C18H16N2O2/c1-11-3-6-14-13(9-11)5-8-17(22)18(14)20-19-15-10-12(2)4-7-16(15)21/h3-10,21-22H,1-2H3. The van der Waals surface area contributed by atoms with Gasteiger partial charge in [-0.05, 0) is 43.0 Å². The van der Waals surface area contributed by atoms with Crippen molar-refractivity contribution >= 4 is 22.1 Å². The maximum Gasteiger partial charge on any atom is 0.143 e. The minimum Gasteiger partial charge on any atom is -0.506 e. The molecule has 0 unspecified atom stereocenters. The summed E-state index contributed by atoms with van der Waals surface area (Å²) in [7, 11) is 0. The van der Waals surface area contributed by atoms with Crippen LogP contribution in [0.3, 0.4) is 0 Å². The molecule has 0 fully saturated rings. The van der Waals surface area contributed by atoms with Crippen molar-refractivity contribution in [1.29, 1.82) is 0 Å². The first-order valence-corrected chi connectivity index (χ1v) is 6.98. The zero-order valence-corrected chi connectivity index (χ0v) is 12.4. The van der Waals surface area contributed by atoms with Crippen molar-refractivity contribution in [2.24, 2.45) is 10.2 Å². The van der Waals surface area contributed by atoms with E-state index < -0.39 is 0 Å². The lowest BCUT2D eigenvalue weighted by Crippen LogP contribution is -1.78. The molecule has 110 valence electrons. The lowest BCUT2D eigenvalue weighted by molar-refractivity contribution is 0.474. The molecule has 0 bridgehead atoms. The highest BCUT2D eigenvalue weighted by Crippen LogP contribution is 2.37. The number of hydrogen-bond acceptors (Lipinski definition) is 4. The number of phenols is 2. The van der Waals surface area contributed by atoms with E-state index in [0.717, 1.165) is 21.9 Å². The highest BCUT2D eigenvalue weighted by molar-refractivity contribution is 5.95. The van der Waals surface area contributed by atoms with Gasteiger partial charge in [0.2, 0.25) is 0 Å². The van der Waals surface area contributed by atoms with Crippen LogP contribution in [-0.4, -0.2) is 10.2 Å². The molecule has 3 aromatic carbocycles. The van der Waals surface area contributed by atoms with E-state index in [1.165, 1.54) is 0 Å². The van der Waals surface area contributed by atoms with Crippen LogP contribution in [0.2, 0.25) is 0 Å². The number of hydrogen-bond donors (Lipinski definition) is 2.